The Bertz CT molecular complexity index is 446. The molecule has 0 atom stereocenters. The summed E-state index contributed by atoms with van der Waals surface area (Å²) in [5, 5.41) is 0. The van der Waals surface area contributed by atoms with E-state index >= 15 is 0 Å². The molecule has 3 nitrogen and oxygen atoms in total. The van der Waals surface area contributed by atoms with E-state index in [-0.39, 0.29) is 5.78 Å². The number of ketones is 1. The van der Waals surface area contributed by atoms with Gasteiger partial charge in [-0.2, -0.15) is 0 Å². The fourth-order valence-electron chi connectivity index (χ4n) is 1.91. The highest BCUT2D eigenvalue weighted by Gasteiger charge is 2.18. The van der Waals surface area contributed by atoms with Gasteiger partial charge in [-0.05, 0) is 26.1 Å². The van der Waals surface area contributed by atoms with Crippen LogP contribution in [0, 0.1) is 5.92 Å². The quantitative estimate of drug-likeness (QED) is 0.675. The summed E-state index contributed by atoms with van der Waals surface area (Å²) >= 11 is 13.2. The molecule has 0 radical (unpaired) electrons. The van der Waals surface area contributed by atoms with Gasteiger partial charge in [0.05, 0.1) is 16.4 Å². The average molecular weight is 337 g/mol. The molecule has 0 aromatic carbocycles. The van der Waals surface area contributed by atoms with E-state index in [1.54, 1.807) is 6.07 Å². The van der Waals surface area contributed by atoms with E-state index in [0.29, 0.717) is 26.7 Å². The van der Waals surface area contributed by atoms with Crippen LogP contribution in [0.5, 0.6) is 0 Å². The summed E-state index contributed by atoms with van der Waals surface area (Å²) in [4.78, 5) is 16.6. The van der Waals surface area contributed by atoms with E-state index in [1.165, 1.54) is 11.3 Å². The molecule has 20 heavy (non-hydrogen) atoms. The molecule has 0 amide bonds. The van der Waals surface area contributed by atoms with Crippen molar-refractivity contribution in [3.05, 3.63) is 20.3 Å². The first kappa shape index (κ1) is 17.9. The highest BCUT2D eigenvalue weighted by molar-refractivity contribution is 7.20. The van der Waals surface area contributed by atoms with Crippen LogP contribution in [0.4, 0.5) is 0 Å². The number of likely N-dealkylation sites (N-methyl/N-ethyl adjacent to an activating group) is 1. The molecule has 6 heteroatoms. The maximum absolute atomic E-state index is 12.3. The number of halogens is 2. The Hall–Kier alpha value is -0.130. The predicted molar refractivity (Wildman–Crippen MR) is 88.5 cm³/mol. The molecular weight excluding hydrogens is 315 g/mol. The summed E-state index contributed by atoms with van der Waals surface area (Å²) in [5.74, 6) is 0.559. The zero-order valence-corrected chi connectivity index (χ0v) is 14.8. The van der Waals surface area contributed by atoms with Crippen molar-refractivity contribution in [2.75, 3.05) is 40.3 Å². The molecule has 1 aromatic heterocycles. The SMILES string of the molecule is CC(C)CN(CCN(C)C)CC(=O)c1cc(Cl)sc1Cl. The fraction of sp³-hybridized carbons (Fsp3) is 0.643. The van der Waals surface area contributed by atoms with Gasteiger partial charge >= 0.3 is 0 Å². The molecule has 1 rings (SSSR count). The molecule has 0 unspecified atom stereocenters. The van der Waals surface area contributed by atoms with Crippen LogP contribution in [0.15, 0.2) is 6.07 Å². The average Bonchev–Trinajstić information content (AvgIpc) is 2.64. The fourth-order valence-corrected chi connectivity index (χ4v) is 3.41. The molecule has 0 saturated heterocycles. The summed E-state index contributed by atoms with van der Waals surface area (Å²) in [6.45, 7) is 7.39. The van der Waals surface area contributed by atoms with Crippen LogP contribution in [0.2, 0.25) is 8.67 Å². The first-order chi connectivity index (χ1) is 9.29. The zero-order chi connectivity index (χ0) is 15.3. The van der Waals surface area contributed by atoms with E-state index in [9.17, 15) is 4.79 Å². The normalized spacial score (nSPS) is 11.8. The Kier molecular flexibility index (Phi) is 7.48. The van der Waals surface area contributed by atoms with Gasteiger partial charge in [0.1, 0.15) is 4.34 Å². The number of thiophene rings is 1. The second-order valence-electron chi connectivity index (χ2n) is 5.59. The van der Waals surface area contributed by atoms with Crippen molar-refractivity contribution in [3.8, 4) is 0 Å². The van der Waals surface area contributed by atoms with Crippen LogP contribution in [0.1, 0.15) is 24.2 Å². The Labute approximate surface area is 135 Å². The van der Waals surface area contributed by atoms with Gasteiger partial charge in [-0.15, -0.1) is 11.3 Å². The highest BCUT2D eigenvalue weighted by Crippen LogP contribution is 2.31. The monoisotopic (exact) mass is 336 g/mol. The second-order valence-corrected chi connectivity index (χ2v) is 7.88. The summed E-state index contributed by atoms with van der Waals surface area (Å²) in [6.07, 6.45) is 0. The Morgan fingerprint density at radius 1 is 1.30 bits per heavy atom. The summed E-state index contributed by atoms with van der Waals surface area (Å²) in [6, 6.07) is 1.66. The molecule has 0 aliphatic carbocycles. The Balaban J connectivity index is 2.68. The standard InChI is InChI=1S/C14H22Cl2N2OS/c1-10(2)8-18(6-5-17(3)4)9-12(19)11-7-13(15)20-14(11)16/h7,10H,5-6,8-9H2,1-4H3. The summed E-state index contributed by atoms with van der Waals surface area (Å²) in [5.41, 5.74) is 0.542. The number of nitrogens with zero attached hydrogens (tertiary/aromatic N) is 2. The molecule has 1 aromatic rings. The Morgan fingerprint density at radius 2 is 1.95 bits per heavy atom. The molecule has 0 N–H and O–H groups in total. The largest absolute Gasteiger partial charge is 0.308 e. The predicted octanol–water partition coefficient (Wildman–Crippen LogP) is 3.76. The lowest BCUT2D eigenvalue weighted by Crippen LogP contribution is -2.37. The molecule has 114 valence electrons. The van der Waals surface area contributed by atoms with E-state index in [2.05, 4.69) is 23.6 Å². The van der Waals surface area contributed by atoms with Crippen LogP contribution < -0.4 is 0 Å². The van der Waals surface area contributed by atoms with Crippen LogP contribution in [-0.2, 0) is 0 Å². The number of carbonyl (C=O) groups is 1. The van der Waals surface area contributed by atoms with Gasteiger partial charge in [-0.3, -0.25) is 9.69 Å². The first-order valence-corrected chi connectivity index (χ1v) is 8.22. The lowest BCUT2D eigenvalue weighted by molar-refractivity contribution is 0.0916. The van der Waals surface area contributed by atoms with Crippen LogP contribution in [-0.4, -0.2) is 55.9 Å². The third kappa shape index (κ3) is 6.10. The maximum atomic E-state index is 12.3. The molecule has 0 spiro atoms. The second kappa shape index (κ2) is 8.35. The van der Waals surface area contributed by atoms with Crippen molar-refractivity contribution in [2.24, 2.45) is 5.92 Å². The maximum Gasteiger partial charge on any atom is 0.179 e. The molecule has 0 fully saturated rings. The van der Waals surface area contributed by atoms with Crippen molar-refractivity contribution in [1.82, 2.24) is 9.80 Å². The number of rotatable bonds is 8. The third-order valence-corrected chi connectivity index (χ3v) is 4.30. The molecule has 0 bridgehead atoms. The van der Waals surface area contributed by atoms with E-state index < -0.39 is 0 Å². The van der Waals surface area contributed by atoms with E-state index in [1.807, 2.05) is 14.1 Å². The van der Waals surface area contributed by atoms with Gasteiger partial charge in [0.15, 0.2) is 5.78 Å². The molecule has 0 aliphatic rings. The number of hydrogen-bond acceptors (Lipinski definition) is 4. The molecule has 1 heterocycles. The lowest BCUT2D eigenvalue weighted by atomic mass is 10.1. The van der Waals surface area contributed by atoms with Crippen LogP contribution in [0.25, 0.3) is 0 Å². The van der Waals surface area contributed by atoms with Crippen molar-refractivity contribution >= 4 is 40.3 Å². The summed E-state index contributed by atoms with van der Waals surface area (Å²) in [7, 11) is 4.07. The number of Topliss-reactive ketones (excluding diaryl/α,β-unsaturated/α-hetero) is 1. The minimum Gasteiger partial charge on any atom is -0.308 e. The number of carbonyl (C=O) groups excluding carboxylic acids is 1. The van der Waals surface area contributed by atoms with Crippen molar-refractivity contribution in [2.45, 2.75) is 13.8 Å². The zero-order valence-electron chi connectivity index (χ0n) is 12.4. The highest BCUT2D eigenvalue weighted by atomic mass is 35.5. The van der Waals surface area contributed by atoms with Gasteiger partial charge in [-0.25, -0.2) is 0 Å². The Morgan fingerprint density at radius 3 is 2.40 bits per heavy atom. The van der Waals surface area contributed by atoms with Gasteiger partial charge in [0.25, 0.3) is 0 Å². The minimum atomic E-state index is 0.0394. The van der Waals surface area contributed by atoms with Crippen molar-refractivity contribution < 1.29 is 4.79 Å². The third-order valence-electron chi connectivity index (χ3n) is 2.81. The first-order valence-electron chi connectivity index (χ1n) is 6.64. The summed E-state index contributed by atoms with van der Waals surface area (Å²) < 4.78 is 1.04. The topological polar surface area (TPSA) is 23.6 Å². The van der Waals surface area contributed by atoms with Gasteiger partial charge in [0.2, 0.25) is 0 Å². The number of hydrogen-bond donors (Lipinski definition) is 0. The lowest BCUT2D eigenvalue weighted by Gasteiger charge is -2.25. The minimum absolute atomic E-state index is 0.0394. The van der Waals surface area contributed by atoms with Crippen molar-refractivity contribution in [1.29, 1.82) is 0 Å². The van der Waals surface area contributed by atoms with Crippen LogP contribution in [0.3, 0.4) is 0 Å². The van der Waals surface area contributed by atoms with Crippen molar-refractivity contribution in [3.63, 3.8) is 0 Å². The van der Waals surface area contributed by atoms with E-state index in [4.69, 9.17) is 23.2 Å². The molecule has 0 aliphatic heterocycles. The smallest absolute Gasteiger partial charge is 0.179 e. The van der Waals surface area contributed by atoms with Gasteiger partial charge in [0, 0.05) is 19.6 Å². The van der Waals surface area contributed by atoms with E-state index in [0.717, 1.165) is 19.6 Å². The van der Waals surface area contributed by atoms with Gasteiger partial charge < -0.3 is 4.90 Å². The molecular formula is C14H22Cl2N2OS. The molecule has 0 saturated carbocycles. The van der Waals surface area contributed by atoms with Crippen LogP contribution >= 0.6 is 34.5 Å². The van der Waals surface area contributed by atoms with Gasteiger partial charge in [-0.1, -0.05) is 37.0 Å².